The molecule has 0 aliphatic carbocycles. The first kappa shape index (κ1) is 14.5. The molecular weight excluding hydrogens is 214 g/mol. The number of hydrogen-bond donors (Lipinski definition) is 1. The second-order valence-electron chi connectivity index (χ2n) is 4.99. The monoisotopic (exact) mass is 241 g/mol. The number of likely N-dealkylation sites (N-methyl/N-ethyl adjacent to an activating group) is 1. The summed E-state index contributed by atoms with van der Waals surface area (Å²) in [5.41, 5.74) is 5.83. The predicted octanol–water partition coefficient (Wildman–Crippen LogP) is 0.912. The first-order chi connectivity index (χ1) is 8.06. The molecule has 3 atom stereocenters. The summed E-state index contributed by atoms with van der Waals surface area (Å²) in [5.74, 6) is 0.842. The Morgan fingerprint density at radius 2 is 2.06 bits per heavy atom. The Labute approximate surface area is 105 Å². The molecule has 0 bridgehead atoms. The van der Waals surface area contributed by atoms with Crippen molar-refractivity contribution in [3.63, 3.8) is 0 Å². The van der Waals surface area contributed by atoms with Gasteiger partial charge in [-0.15, -0.1) is 0 Å². The molecule has 3 unspecified atom stereocenters. The molecule has 0 aromatic carbocycles. The first-order valence-corrected chi connectivity index (χ1v) is 6.81. The molecule has 17 heavy (non-hydrogen) atoms. The van der Waals surface area contributed by atoms with Crippen molar-refractivity contribution in [1.82, 2.24) is 9.80 Å². The lowest BCUT2D eigenvalue weighted by Crippen LogP contribution is -2.51. The van der Waals surface area contributed by atoms with E-state index in [9.17, 15) is 4.79 Å². The van der Waals surface area contributed by atoms with Crippen molar-refractivity contribution in [3.05, 3.63) is 0 Å². The summed E-state index contributed by atoms with van der Waals surface area (Å²) in [6.07, 6.45) is 1.15. The summed E-state index contributed by atoms with van der Waals surface area (Å²) in [4.78, 5) is 16.5. The maximum Gasteiger partial charge on any atom is 0.239 e. The van der Waals surface area contributed by atoms with Gasteiger partial charge in [0, 0.05) is 25.7 Å². The van der Waals surface area contributed by atoms with Gasteiger partial charge in [0.15, 0.2) is 0 Å². The zero-order chi connectivity index (χ0) is 13.0. The normalized spacial score (nSPS) is 27.1. The van der Waals surface area contributed by atoms with Crippen molar-refractivity contribution < 1.29 is 4.79 Å². The van der Waals surface area contributed by atoms with E-state index in [2.05, 4.69) is 11.8 Å². The van der Waals surface area contributed by atoms with Gasteiger partial charge < -0.3 is 10.6 Å². The smallest absolute Gasteiger partial charge is 0.239 e. The maximum atomic E-state index is 12.3. The van der Waals surface area contributed by atoms with E-state index in [0.717, 1.165) is 26.1 Å². The van der Waals surface area contributed by atoms with Crippen LogP contribution in [0.2, 0.25) is 0 Å². The van der Waals surface area contributed by atoms with Gasteiger partial charge in [0.05, 0.1) is 6.04 Å². The molecule has 100 valence electrons. The molecule has 0 saturated carbocycles. The van der Waals surface area contributed by atoms with E-state index in [0.29, 0.717) is 18.5 Å². The van der Waals surface area contributed by atoms with Gasteiger partial charge in [0.25, 0.3) is 0 Å². The quantitative estimate of drug-likeness (QED) is 0.778. The van der Waals surface area contributed by atoms with Gasteiger partial charge in [0.2, 0.25) is 5.91 Å². The minimum atomic E-state index is -0.0339. The topological polar surface area (TPSA) is 49.6 Å². The molecule has 1 amide bonds. The predicted molar refractivity (Wildman–Crippen MR) is 70.7 cm³/mol. The van der Waals surface area contributed by atoms with E-state index in [1.54, 1.807) is 0 Å². The van der Waals surface area contributed by atoms with Crippen LogP contribution in [0.1, 0.15) is 34.1 Å². The molecule has 0 radical (unpaired) electrons. The van der Waals surface area contributed by atoms with Gasteiger partial charge >= 0.3 is 0 Å². The largest absolute Gasteiger partial charge is 0.342 e. The molecule has 0 aromatic rings. The van der Waals surface area contributed by atoms with Crippen LogP contribution in [-0.2, 0) is 4.79 Å². The number of rotatable bonds is 5. The highest BCUT2D eigenvalue weighted by Gasteiger charge is 2.36. The lowest BCUT2D eigenvalue weighted by Gasteiger charge is -2.33. The van der Waals surface area contributed by atoms with Crippen LogP contribution in [0.15, 0.2) is 0 Å². The molecule has 1 fully saturated rings. The van der Waals surface area contributed by atoms with Crippen LogP contribution in [0.4, 0.5) is 0 Å². The highest BCUT2D eigenvalue weighted by atomic mass is 16.2. The number of nitrogens with two attached hydrogens (primary N) is 1. The van der Waals surface area contributed by atoms with Crippen molar-refractivity contribution >= 4 is 5.91 Å². The number of likely N-dealkylation sites (tertiary alicyclic amines) is 1. The Balaban J connectivity index is 2.69. The molecule has 2 N–H and O–H groups in total. The van der Waals surface area contributed by atoms with Crippen LogP contribution in [0.25, 0.3) is 0 Å². The van der Waals surface area contributed by atoms with Gasteiger partial charge in [0.1, 0.15) is 0 Å². The van der Waals surface area contributed by atoms with Gasteiger partial charge in [-0.05, 0) is 39.7 Å². The van der Waals surface area contributed by atoms with E-state index in [1.807, 2.05) is 25.7 Å². The van der Waals surface area contributed by atoms with Crippen LogP contribution in [0.5, 0.6) is 0 Å². The zero-order valence-electron chi connectivity index (χ0n) is 11.6. The van der Waals surface area contributed by atoms with E-state index in [1.165, 1.54) is 0 Å². The standard InChI is InChI=1S/C13H27N3O/c1-5-15(6-2)13(17)11(4)16-8-7-10(3)12(16)9-14/h10-12H,5-9,14H2,1-4H3. The van der Waals surface area contributed by atoms with E-state index in [4.69, 9.17) is 5.73 Å². The molecule has 1 rings (SSSR count). The lowest BCUT2D eigenvalue weighted by atomic mass is 10.0. The van der Waals surface area contributed by atoms with E-state index in [-0.39, 0.29) is 11.9 Å². The van der Waals surface area contributed by atoms with Crippen molar-refractivity contribution in [1.29, 1.82) is 0 Å². The highest BCUT2D eigenvalue weighted by molar-refractivity contribution is 5.81. The summed E-state index contributed by atoms with van der Waals surface area (Å²) in [5, 5.41) is 0. The minimum Gasteiger partial charge on any atom is -0.342 e. The summed E-state index contributed by atoms with van der Waals surface area (Å²) in [6, 6.07) is 0.331. The first-order valence-electron chi connectivity index (χ1n) is 6.81. The van der Waals surface area contributed by atoms with Crippen LogP contribution in [0, 0.1) is 5.92 Å². The fraction of sp³-hybridized carbons (Fsp3) is 0.923. The fourth-order valence-corrected chi connectivity index (χ4v) is 2.83. The SMILES string of the molecule is CCN(CC)C(=O)C(C)N1CCC(C)C1CN. The average Bonchev–Trinajstić information content (AvgIpc) is 2.70. The van der Waals surface area contributed by atoms with Gasteiger partial charge in [-0.1, -0.05) is 6.92 Å². The third-order valence-corrected chi connectivity index (χ3v) is 4.10. The highest BCUT2D eigenvalue weighted by Crippen LogP contribution is 2.25. The maximum absolute atomic E-state index is 12.3. The van der Waals surface area contributed by atoms with Crippen LogP contribution in [0.3, 0.4) is 0 Å². The molecule has 1 aliphatic rings. The summed E-state index contributed by atoms with van der Waals surface area (Å²) >= 11 is 0. The average molecular weight is 241 g/mol. The second kappa shape index (κ2) is 6.36. The molecular formula is C13H27N3O. The molecule has 4 heteroatoms. The molecule has 0 spiro atoms. The van der Waals surface area contributed by atoms with Crippen LogP contribution >= 0.6 is 0 Å². The Kier molecular flexibility index (Phi) is 5.40. The van der Waals surface area contributed by atoms with E-state index >= 15 is 0 Å². The zero-order valence-corrected chi connectivity index (χ0v) is 11.6. The van der Waals surface area contributed by atoms with Crippen molar-refractivity contribution in [2.24, 2.45) is 11.7 Å². The second-order valence-corrected chi connectivity index (χ2v) is 4.99. The summed E-state index contributed by atoms with van der Waals surface area (Å²) in [6.45, 7) is 11.5. The van der Waals surface area contributed by atoms with E-state index < -0.39 is 0 Å². The third kappa shape index (κ3) is 2.99. The van der Waals surface area contributed by atoms with Gasteiger partial charge in [-0.2, -0.15) is 0 Å². The third-order valence-electron chi connectivity index (χ3n) is 4.10. The number of nitrogens with zero attached hydrogens (tertiary/aromatic N) is 2. The number of carbonyl (C=O) groups is 1. The number of hydrogen-bond acceptors (Lipinski definition) is 3. The number of carbonyl (C=O) groups excluding carboxylic acids is 1. The van der Waals surface area contributed by atoms with Gasteiger partial charge in [-0.25, -0.2) is 0 Å². The van der Waals surface area contributed by atoms with Crippen molar-refractivity contribution in [2.75, 3.05) is 26.2 Å². The van der Waals surface area contributed by atoms with Crippen molar-refractivity contribution in [3.8, 4) is 0 Å². The molecule has 1 saturated heterocycles. The fourth-order valence-electron chi connectivity index (χ4n) is 2.83. The van der Waals surface area contributed by atoms with Crippen LogP contribution in [-0.4, -0.2) is 54.0 Å². The Morgan fingerprint density at radius 3 is 2.53 bits per heavy atom. The Morgan fingerprint density at radius 1 is 1.47 bits per heavy atom. The summed E-state index contributed by atoms with van der Waals surface area (Å²) in [7, 11) is 0. The molecule has 1 heterocycles. The van der Waals surface area contributed by atoms with Gasteiger partial charge in [-0.3, -0.25) is 9.69 Å². The molecule has 0 aromatic heterocycles. The lowest BCUT2D eigenvalue weighted by molar-refractivity contribution is -0.136. The summed E-state index contributed by atoms with van der Waals surface area (Å²) < 4.78 is 0. The van der Waals surface area contributed by atoms with Crippen LogP contribution < -0.4 is 5.73 Å². The number of amides is 1. The Bertz CT molecular complexity index is 253. The minimum absolute atomic E-state index is 0.0339. The molecule has 1 aliphatic heterocycles. The Hall–Kier alpha value is -0.610. The molecule has 4 nitrogen and oxygen atoms in total. The van der Waals surface area contributed by atoms with Crippen molar-refractivity contribution in [2.45, 2.75) is 46.2 Å².